The Morgan fingerprint density at radius 1 is 0.623 bits per heavy atom. The molecule has 4 atom stereocenters. The Balaban J connectivity index is 1.35. The molecule has 0 spiro atoms. The Labute approximate surface area is 306 Å². The van der Waals surface area contributed by atoms with Gasteiger partial charge in [0, 0.05) is 0 Å². The minimum Gasteiger partial charge on any atom is -0.478 e. The molecule has 3 heterocycles. The number of anilines is 1. The summed E-state index contributed by atoms with van der Waals surface area (Å²) in [5.74, 6) is -3.33. The highest BCUT2D eigenvalue weighted by molar-refractivity contribution is 6.39. The van der Waals surface area contributed by atoms with Crippen molar-refractivity contribution in [3.8, 4) is 23.0 Å². The molecule has 2 bridgehead atoms. The smallest absolute Gasteiger partial charge is 0.337 e. The van der Waals surface area contributed by atoms with Crippen molar-refractivity contribution in [1.82, 2.24) is 0 Å². The average molecular weight is 724 g/mol. The molecule has 0 aromatic heterocycles. The van der Waals surface area contributed by atoms with Crippen LogP contribution in [0.5, 0.6) is 23.0 Å². The Morgan fingerprint density at radius 2 is 1.09 bits per heavy atom. The van der Waals surface area contributed by atoms with E-state index in [-0.39, 0.29) is 35.6 Å². The van der Waals surface area contributed by atoms with Gasteiger partial charge in [-0.3, -0.25) is 14.4 Å². The van der Waals surface area contributed by atoms with Crippen LogP contribution in [0.2, 0.25) is 5.02 Å². The van der Waals surface area contributed by atoms with Gasteiger partial charge in [-0.05, 0) is 75.9 Å². The number of carbonyl (C=O) groups excluding carboxylic acids is 3. The predicted octanol–water partition coefficient (Wildman–Crippen LogP) is 6.68. The van der Waals surface area contributed by atoms with E-state index < -0.39 is 40.4 Å². The Hall–Kier alpha value is -6.39. The molecule has 3 aliphatic heterocycles. The van der Waals surface area contributed by atoms with Crippen LogP contribution < -0.4 is 23.8 Å². The number of aromatic carboxylic acids is 1. The minimum absolute atomic E-state index is 0.0234. The van der Waals surface area contributed by atoms with Gasteiger partial charge >= 0.3 is 5.97 Å². The number of ketones is 1. The van der Waals surface area contributed by atoms with Crippen LogP contribution in [0.3, 0.4) is 0 Å². The van der Waals surface area contributed by atoms with Gasteiger partial charge in [0.05, 0.1) is 38.9 Å². The van der Waals surface area contributed by atoms with Crippen LogP contribution in [-0.2, 0) is 25.2 Å². The number of halogens is 1. The first kappa shape index (κ1) is 31.4. The lowest BCUT2D eigenvalue weighted by Crippen LogP contribution is -2.45. The van der Waals surface area contributed by atoms with Crippen molar-refractivity contribution < 1.29 is 43.2 Å². The molecule has 2 aliphatic carbocycles. The molecule has 0 radical (unpaired) electrons. The molecule has 260 valence electrons. The van der Waals surface area contributed by atoms with Crippen molar-refractivity contribution in [2.24, 2.45) is 11.8 Å². The highest BCUT2D eigenvalue weighted by Gasteiger charge is 2.82. The number of nitrogens with zero attached hydrogens (tertiary/aromatic N) is 1. The lowest BCUT2D eigenvalue weighted by molar-refractivity contribution is -0.130. The number of carbonyl (C=O) groups is 4. The molecule has 2 fully saturated rings. The number of fused-ring (bicyclic) bond motifs is 7. The molecule has 5 aromatic carbocycles. The van der Waals surface area contributed by atoms with Crippen molar-refractivity contribution in [1.29, 1.82) is 0 Å². The standard InChI is InChI=1S/C42H26ClNO9/c43-28-14-13-26(19-27(28)39(47)48)44-37(45)35-36(38(44)46)42(25-9-5-2-6-10-25)34(23-12-16-30-32(18-23)53-21-51-30)33(22-11-15-29-31(17-22)52-20-50-29)41(35,40(42)49)24-7-3-1-4-8-24/h1-19,35-36H,20-21H2,(H,47,48)/t35-,36+,41-,42-/m0/s1. The Bertz CT molecular complexity index is 2360. The van der Waals surface area contributed by atoms with Crippen LogP contribution in [-0.4, -0.2) is 42.3 Å². The van der Waals surface area contributed by atoms with Crippen molar-refractivity contribution in [2.45, 2.75) is 10.8 Å². The van der Waals surface area contributed by atoms with Gasteiger partial charge in [-0.2, -0.15) is 0 Å². The number of rotatable bonds is 6. The number of imide groups is 1. The average Bonchev–Trinajstić information content (AvgIpc) is 3.99. The van der Waals surface area contributed by atoms with Crippen LogP contribution in [0.4, 0.5) is 5.69 Å². The van der Waals surface area contributed by atoms with Gasteiger partial charge in [0.1, 0.15) is 0 Å². The molecule has 1 saturated heterocycles. The summed E-state index contributed by atoms with van der Waals surface area (Å²) in [5, 5.41) is 9.88. The summed E-state index contributed by atoms with van der Waals surface area (Å²) in [6, 6.07) is 33.0. The number of Topliss-reactive ketones (excluding diaryl/α,β-unsaturated/α-hetero) is 1. The van der Waals surface area contributed by atoms with Gasteiger partial charge in [-0.25, -0.2) is 9.69 Å². The van der Waals surface area contributed by atoms with Gasteiger partial charge in [-0.15, -0.1) is 0 Å². The lowest BCUT2D eigenvalue weighted by Gasteiger charge is -2.39. The summed E-state index contributed by atoms with van der Waals surface area (Å²) in [7, 11) is 0. The fourth-order valence-electron chi connectivity index (χ4n) is 9.30. The van der Waals surface area contributed by atoms with Crippen molar-refractivity contribution in [3.05, 3.63) is 148 Å². The summed E-state index contributed by atoms with van der Waals surface area (Å²) in [6.45, 7) is 0.0469. The number of hydrogen-bond donors (Lipinski definition) is 1. The molecule has 5 aliphatic rings. The molecule has 5 aromatic rings. The Kier molecular flexibility index (Phi) is 6.54. The summed E-state index contributed by atoms with van der Waals surface area (Å²) in [5.41, 5.74) is -0.265. The first-order valence-electron chi connectivity index (χ1n) is 16.9. The zero-order valence-corrected chi connectivity index (χ0v) is 28.3. The maximum Gasteiger partial charge on any atom is 0.337 e. The number of allylic oxidation sites excluding steroid dienone is 2. The molecule has 1 saturated carbocycles. The topological polar surface area (TPSA) is 129 Å². The van der Waals surface area contributed by atoms with Crippen molar-refractivity contribution in [3.63, 3.8) is 0 Å². The molecule has 11 heteroatoms. The molecule has 10 rings (SSSR count). The quantitative estimate of drug-likeness (QED) is 0.191. The van der Waals surface area contributed by atoms with E-state index in [0.717, 1.165) is 4.90 Å². The normalized spacial score (nSPS) is 24.7. The summed E-state index contributed by atoms with van der Waals surface area (Å²) in [4.78, 5) is 60.0. The molecule has 53 heavy (non-hydrogen) atoms. The second kappa shape index (κ2) is 11.1. The van der Waals surface area contributed by atoms with Gasteiger partial charge < -0.3 is 24.1 Å². The highest BCUT2D eigenvalue weighted by Crippen LogP contribution is 2.74. The van der Waals surface area contributed by atoms with Crippen LogP contribution in [0.15, 0.2) is 115 Å². The number of ether oxygens (including phenoxy) is 4. The van der Waals surface area contributed by atoms with E-state index in [2.05, 4.69) is 0 Å². The number of carboxylic acid groups (broad SMARTS) is 1. The second-order valence-electron chi connectivity index (χ2n) is 13.5. The van der Waals surface area contributed by atoms with Gasteiger partial charge in [-0.1, -0.05) is 84.4 Å². The fraction of sp³-hybridized carbons (Fsp3) is 0.143. The van der Waals surface area contributed by atoms with Gasteiger partial charge in [0.15, 0.2) is 28.8 Å². The predicted molar refractivity (Wildman–Crippen MR) is 191 cm³/mol. The first-order valence-corrected chi connectivity index (χ1v) is 17.3. The third kappa shape index (κ3) is 3.93. The summed E-state index contributed by atoms with van der Waals surface area (Å²) >= 11 is 6.24. The molecule has 10 nitrogen and oxygen atoms in total. The SMILES string of the molecule is O=C(O)c1cc(N2C(=O)[C@@H]3[C@H](C2=O)[C@@]2(c4ccccc4)C(=O)[C@@]3(c3ccccc3)C(c3ccc4c(c3)OCO4)=C2c2ccc3c(c2)OCO3)ccc1Cl. The zero-order chi connectivity index (χ0) is 36.2. The summed E-state index contributed by atoms with van der Waals surface area (Å²) < 4.78 is 23.0. The largest absolute Gasteiger partial charge is 0.478 e. The highest BCUT2D eigenvalue weighted by atomic mass is 35.5. The Morgan fingerprint density at radius 3 is 1.57 bits per heavy atom. The van der Waals surface area contributed by atoms with E-state index in [9.17, 15) is 9.90 Å². The number of hydrogen-bond acceptors (Lipinski definition) is 8. The number of benzene rings is 5. The third-order valence-corrected chi connectivity index (χ3v) is 11.5. The fourth-order valence-corrected chi connectivity index (χ4v) is 9.50. The molecule has 2 amide bonds. The number of carboxylic acids is 1. The van der Waals surface area contributed by atoms with Crippen LogP contribution in [0.1, 0.15) is 32.6 Å². The van der Waals surface area contributed by atoms with Gasteiger partial charge in [0.2, 0.25) is 25.4 Å². The molecular formula is C42H26ClNO9. The second-order valence-corrected chi connectivity index (χ2v) is 13.9. The van der Waals surface area contributed by atoms with E-state index in [0.29, 0.717) is 56.4 Å². The third-order valence-electron chi connectivity index (χ3n) is 11.2. The van der Waals surface area contributed by atoms with E-state index in [4.69, 9.17) is 30.5 Å². The first-order chi connectivity index (χ1) is 25.8. The van der Waals surface area contributed by atoms with Crippen LogP contribution >= 0.6 is 11.6 Å². The van der Waals surface area contributed by atoms with E-state index >= 15 is 14.4 Å². The number of amides is 2. The van der Waals surface area contributed by atoms with E-state index in [1.807, 2.05) is 84.9 Å². The minimum atomic E-state index is -1.70. The van der Waals surface area contributed by atoms with E-state index in [1.165, 1.54) is 18.2 Å². The maximum absolute atomic E-state index is 16.2. The van der Waals surface area contributed by atoms with E-state index in [1.54, 1.807) is 12.1 Å². The monoisotopic (exact) mass is 723 g/mol. The lowest BCUT2D eigenvalue weighted by atomic mass is 9.59. The summed E-state index contributed by atoms with van der Waals surface area (Å²) in [6.07, 6.45) is 0. The molecule has 1 N–H and O–H groups in total. The maximum atomic E-state index is 16.2. The zero-order valence-electron chi connectivity index (χ0n) is 27.6. The van der Waals surface area contributed by atoms with Crippen molar-refractivity contribution in [2.75, 3.05) is 18.5 Å². The molecule has 0 unspecified atom stereocenters. The van der Waals surface area contributed by atoms with Crippen molar-refractivity contribution >= 4 is 52.0 Å². The van der Waals surface area contributed by atoms with Crippen LogP contribution in [0, 0.1) is 11.8 Å². The van der Waals surface area contributed by atoms with Crippen LogP contribution in [0.25, 0.3) is 11.1 Å². The molecular weight excluding hydrogens is 698 g/mol. The van der Waals surface area contributed by atoms with Gasteiger partial charge in [0.25, 0.3) is 0 Å².